The van der Waals surface area contributed by atoms with Crippen molar-refractivity contribution in [1.29, 1.82) is 0 Å². The molecule has 2 aliphatic heterocycles. The Morgan fingerprint density at radius 3 is 3.08 bits per heavy atom. The van der Waals surface area contributed by atoms with Gasteiger partial charge in [-0.25, -0.2) is 0 Å². The van der Waals surface area contributed by atoms with E-state index in [9.17, 15) is 0 Å². The van der Waals surface area contributed by atoms with Gasteiger partial charge in [-0.1, -0.05) is 11.6 Å². The zero-order valence-electron chi connectivity index (χ0n) is 14.6. The number of ether oxygens (including phenoxy) is 2. The minimum Gasteiger partial charge on any atom is -0.377 e. The second-order valence-electron chi connectivity index (χ2n) is 6.16. The summed E-state index contributed by atoms with van der Waals surface area (Å²) >= 11 is 0. The summed E-state index contributed by atoms with van der Waals surface area (Å²) in [5, 5.41) is 7.72. The van der Waals surface area contributed by atoms with Crippen molar-refractivity contribution < 1.29 is 9.47 Å². The van der Waals surface area contributed by atoms with E-state index < -0.39 is 0 Å². The van der Waals surface area contributed by atoms with E-state index in [1.165, 1.54) is 5.57 Å². The molecule has 1 N–H and O–H groups in total. The summed E-state index contributed by atoms with van der Waals surface area (Å²) in [6, 6.07) is 0. The average molecular weight is 333 g/mol. The molecule has 132 valence electrons. The van der Waals surface area contributed by atoms with Gasteiger partial charge in [-0.15, -0.1) is 0 Å². The molecule has 1 fully saturated rings. The first kappa shape index (κ1) is 17.0. The summed E-state index contributed by atoms with van der Waals surface area (Å²) in [6.45, 7) is 4.84. The Hall–Kier alpha value is -1.86. The maximum absolute atomic E-state index is 5.90. The van der Waals surface area contributed by atoms with Gasteiger partial charge in [0.25, 0.3) is 0 Å². The zero-order valence-corrected chi connectivity index (χ0v) is 14.6. The van der Waals surface area contributed by atoms with Gasteiger partial charge in [0.05, 0.1) is 32.6 Å². The smallest absolute Gasteiger partial charge is 0.193 e. The van der Waals surface area contributed by atoms with Gasteiger partial charge >= 0.3 is 0 Å². The van der Waals surface area contributed by atoms with Crippen LogP contribution in [-0.2, 0) is 16.5 Å². The molecule has 0 spiro atoms. The highest BCUT2D eigenvalue weighted by Gasteiger charge is 2.25. The number of rotatable bonds is 4. The van der Waals surface area contributed by atoms with E-state index in [0.29, 0.717) is 6.61 Å². The number of nitrogens with zero attached hydrogens (tertiary/aromatic N) is 4. The molecular weight excluding hydrogens is 306 g/mol. The van der Waals surface area contributed by atoms with E-state index in [2.05, 4.69) is 26.4 Å². The first-order valence-corrected chi connectivity index (χ1v) is 8.57. The van der Waals surface area contributed by atoms with Crippen LogP contribution < -0.4 is 5.32 Å². The van der Waals surface area contributed by atoms with E-state index >= 15 is 0 Å². The number of nitrogens with one attached hydrogen (secondary N) is 1. The summed E-state index contributed by atoms with van der Waals surface area (Å²) in [5.41, 5.74) is 2.59. The first-order chi connectivity index (χ1) is 11.8. The third-order valence-corrected chi connectivity index (χ3v) is 4.46. The van der Waals surface area contributed by atoms with E-state index in [1.54, 1.807) is 0 Å². The highest BCUT2D eigenvalue weighted by molar-refractivity contribution is 5.80. The van der Waals surface area contributed by atoms with E-state index in [0.717, 1.165) is 57.2 Å². The van der Waals surface area contributed by atoms with Gasteiger partial charge in [0.15, 0.2) is 5.96 Å². The topological polar surface area (TPSA) is 63.9 Å². The van der Waals surface area contributed by atoms with Gasteiger partial charge < -0.3 is 19.7 Å². The molecule has 7 nitrogen and oxygen atoms in total. The van der Waals surface area contributed by atoms with Crippen LogP contribution in [-0.4, -0.2) is 67.1 Å². The molecule has 0 bridgehead atoms. The SMILES string of the molecule is CN=C(NCCC1=CCOCC1)N1CCOC(c2cnn(C)c2)C1. The van der Waals surface area contributed by atoms with Crippen molar-refractivity contribution in [3.8, 4) is 0 Å². The Balaban J connectivity index is 1.52. The molecule has 0 aromatic carbocycles. The molecule has 0 radical (unpaired) electrons. The second kappa shape index (κ2) is 8.30. The van der Waals surface area contributed by atoms with E-state index in [-0.39, 0.29) is 6.10 Å². The molecule has 3 heterocycles. The van der Waals surface area contributed by atoms with Crippen molar-refractivity contribution in [2.75, 3.05) is 46.5 Å². The molecule has 0 amide bonds. The minimum absolute atomic E-state index is 0.0456. The third-order valence-electron chi connectivity index (χ3n) is 4.46. The Kier molecular flexibility index (Phi) is 5.87. The lowest BCUT2D eigenvalue weighted by atomic mass is 10.1. The molecule has 2 aliphatic rings. The fourth-order valence-electron chi connectivity index (χ4n) is 3.11. The highest BCUT2D eigenvalue weighted by Crippen LogP contribution is 2.21. The molecule has 1 aromatic rings. The van der Waals surface area contributed by atoms with Crippen LogP contribution in [0.2, 0.25) is 0 Å². The number of morpholine rings is 1. The predicted octanol–water partition coefficient (Wildman–Crippen LogP) is 1.11. The van der Waals surface area contributed by atoms with Crippen LogP contribution in [0.3, 0.4) is 0 Å². The van der Waals surface area contributed by atoms with Gasteiger partial charge in [-0.2, -0.15) is 5.10 Å². The number of aryl methyl sites for hydroxylation is 1. The molecule has 1 saturated heterocycles. The number of hydrogen-bond acceptors (Lipinski definition) is 4. The molecule has 0 saturated carbocycles. The highest BCUT2D eigenvalue weighted by atomic mass is 16.5. The van der Waals surface area contributed by atoms with Crippen molar-refractivity contribution in [2.45, 2.75) is 18.9 Å². The monoisotopic (exact) mass is 333 g/mol. The fourth-order valence-corrected chi connectivity index (χ4v) is 3.11. The Labute approximate surface area is 143 Å². The van der Waals surface area contributed by atoms with Crippen LogP contribution in [0.5, 0.6) is 0 Å². The van der Waals surface area contributed by atoms with Crippen LogP contribution in [0, 0.1) is 0 Å². The third kappa shape index (κ3) is 4.36. The summed E-state index contributed by atoms with van der Waals surface area (Å²) in [4.78, 5) is 6.70. The lowest BCUT2D eigenvalue weighted by molar-refractivity contribution is -0.00801. The summed E-state index contributed by atoms with van der Waals surface area (Å²) in [5.74, 6) is 0.944. The average Bonchev–Trinajstić information content (AvgIpc) is 3.06. The maximum Gasteiger partial charge on any atom is 0.193 e. The molecule has 24 heavy (non-hydrogen) atoms. The van der Waals surface area contributed by atoms with Crippen molar-refractivity contribution in [3.05, 3.63) is 29.6 Å². The molecule has 3 rings (SSSR count). The largest absolute Gasteiger partial charge is 0.377 e. The quantitative estimate of drug-likeness (QED) is 0.508. The summed E-state index contributed by atoms with van der Waals surface area (Å²) in [6.07, 6.45) is 8.22. The molecule has 1 unspecified atom stereocenters. The lowest BCUT2D eigenvalue weighted by Gasteiger charge is -2.34. The number of aliphatic imine (C=N–C) groups is 1. The summed E-state index contributed by atoms with van der Waals surface area (Å²) < 4.78 is 13.1. The molecule has 1 aromatic heterocycles. The summed E-state index contributed by atoms with van der Waals surface area (Å²) in [7, 11) is 3.76. The second-order valence-corrected chi connectivity index (χ2v) is 6.16. The molecule has 1 atom stereocenters. The van der Waals surface area contributed by atoms with Gasteiger partial charge in [0, 0.05) is 38.9 Å². The number of hydrogen-bond donors (Lipinski definition) is 1. The Morgan fingerprint density at radius 2 is 2.38 bits per heavy atom. The van der Waals surface area contributed by atoms with Crippen molar-refractivity contribution in [3.63, 3.8) is 0 Å². The first-order valence-electron chi connectivity index (χ1n) is 8.57. The fraction of sp³-hybridized carbons (Fsp3) is 0.647. The number of guanidine groups is 1. The van der Waals surface area contributed by atoms with Gasteiger partial charge in [-0.05, 0) is 12.8 Å². The minimum atomic E-state index is 0.0456. The van der Waals surface area contributed by atoms with Crippen molar-refractivity contribution in [2.24, 2.45) is 12.0 Å². The molecule has 0 aliphatic carbocycles. The van der Waals surface area contributed by atoms with Crippen molar-refractivity contribution >= 4 is 5.96 Å². The normalized spacial score (nSPS) is 22.4. The standard InChI is InChI=1S/C17H27N5O2/c1-18-17(19-6-3-14-4-8-23-9-5-14)22-7-10-24-16(13-22)15-11-20-21(2)12-15/h4,11-12,16H,3,5-10,13H2,1-2H3,(H,18,19). The molecular formula is C17H27N5O2. The van der Waals surface area contributed by atoms with Gasteiger partial charge in [-0.3, -0.25) is 9.67 Å². The Morgan fingerprint density at radius 1 is 1.46 bits per heavy atom. The van der Waals surface area contributed by atoms with Gasteiger partial charge in [0.2, 0.25) is 0 Å². The predicted molar refractivity (Wildman–Crippen MR) is 93.0 cm³/mol. The lowest BCUT2D eigenvalue weighted by Crippen LogP contribution is -2.48. The molecule has 7 heteroatoms. The maximum atomic E-state index is 5.90. The number of aromatic nitrogens is 2. The van der Waals surface area contributed by atoms with E-state index in [1.807, 2.05) is 31.2 Å². The van der Waals surface area contributed by atoms with Crippen molar-refractivity contribution in [1.82, 2.24) is 20.0 Å². The van der Waals surface area contributed by atoms with Crippen LogP contribution in [0.15, 0.2) is 29.0 Å². The van der Waals surface area contributed by atoms with Crippen LogP contribution in [0.1, 0.15) is 24.5 Å². The van der Waals surface area contributed by atoms with E-state index in [4.69, 9.17) is 9.47 Å². The van der Waals surface area contributed by atoms with Gasteiger partial charge in [0.1, 0.15) is 6.10 Å². The van der Waals surface area contributed by atoms with Crippen LogP contribution in [0.4, 0.5) is 0 Å². The van der Waals surface area contributed by atoms with Crippen LogP contribution in [0.25, 0.3) is 0 Å². The Bertz CT molecular complexity index is 596. The van der Waals surface area contributed by atoms with Crippen LogP contribution >= 0.6 is 0 Å². The zero-order chi connectivity index (χ0) is 16.8.